The molecule has 1 aromatic rings. The number of aryl methyl sites for hydroxylation is 1. The van der Waals surface area contributed by atoms with Crippen LogP contribution in [0.15, 0.2) is 18.3 Å². The lowest BCUT2D eigenvalue weighted by Gasteiger charge is -2.19. The Morgan fingerprint density at radius 2 is 2.27 bits per heavy atom. The van der Waals surface area contributed by atoms with Crippen LogP contribution >= 0.6 is 0 Å². The summed E-state index contributed by atoms with van der Waals surface area (Å²) in [6.45, 7) is 5.39. The first kappa shape index (κ1) is 11.3. The minimum Gasteiger partial charge on any atom is -0.336 e. The highest BCUT2D eigenvalue weighted by Gasteiger charge is 2.17. The fraction of sp³-hybridized carbons (Fsp3) is 0.333. The first-order valence-corrected chi connectivity index (χ1v) is 4.67. The monoisotopic (exact) mass is 202 g/mol. The number of nitrogens with one attached hydrogen (secondary N) is 1. The number of hydrogen-bond acceptors (Lipinski definition) is 2. The zero-order valence-corrected chi connectivity index (χ0v) is 9.16. The number of nitrogens with zero attached hydrogens (tertiary/aromatic N) is 1. The Balaban J connectivity index is 2.84. The first-order valence-electron chi connectivity index (χ1n) is 4.67. The molecule has 3 nitrogen and oxygen atoms in total. The summed E-state index contributed by atoms with van der Waals surface area (Å²) in [4.78, 5) is 15.8. The van der Waals surface area contributed by atoms with Gasteiger partial charge in [0.1, 0.15) is 0 Å². The molecule has 1 N–H and O–H groups in total. The Hall–Kier alpha value is -1.82. The van der Waals surface area contributed by atoms with Crippen molar-refractivity contribution in [3.05, 3.63) is 29.6 Å². The standard InChI is InChI=1S/C12H14N2O/c1-5-12(3,4)14-11(15)10-6-7-13-9(2)8-10/h1,6-8H,2-4H3,(H,14,15). The van der Waals surface area contributed by atoms with Crippen LogP contribution in [0.4, 0.5) is 0 Å². The molecule has 0 unspecified atom stereocenters. The molecule has 0 atom stereocenters. The Bertz CT molecular complexity index is 416. The number of aromatic nitrogens is 1. The topological polar surface area (TPSA) is 42.0 Å². The van der Waals surface area contributed by atoms with Crippen molar-refractivity contribution in [2.75, 3.05) is 0 Å². The summed E-state index contributed by atoms with van der Waals surface area (Å²) in [7, 11) is 0. The van der Waals surface area contributed by atoms with Gasteiger partial charge < -0.3 is 5.32 Å². The highest BCUT2D eigenvalue weighted by Crippen LogP contribution is 2.05. The highest BCUT2D eigenvalue weighted by molar-refractivity contribution is 5.94. The lowest BCUT2D eigenvalue weighted by atomic mass is 10.1. The second-order valence-corrected chi connectivity index (χ2v) is 3.91. The zero-order chi connectivity index (χ0) is 11.5. The Morgan fingerprint density at radius 3 is 2.80 bits per heavy atom. The van der Waals surface area contributed by atoms with Crippen molar-refractivity contribution in [3.63, 3.8) is 0 Å². The van der Waals surface area contributed by atoms with Crippen LogP contribution in [0.3, 0.4) is 0 Å². The molecule has 0 aliphatic rings. The number of hydrogen-bond donors (Lipinski definition) is 1. The molecule has 0 saturated carbocycles. The van der Waals surface area contributed by atoms with E-state index in [1.165, 1.54) is 0 Å². The molecule has 0 spiro atoms. The van der Waals surface area contributed by atoms with E-state index in [9.17, 15) is 4.79 Å². The number of carbonyl (C=O) groups excluding carboxylic acids is 1. The second kappa shape index (κ2) is 4.14. The second-order valence-electron chi connectivity index (χ2n) is 3.91. The van der Waals surface area contributed by atoms with Crippen LogP contribution in [0.1, 0.15) is 29.9 Å². The Kier molecular flexibility index (Phi) is 3.11. The quantitative estimate of drug-likeness (QED) is 0.739. The van der Waals surface area contributed by atoms with Gasteiger partial charge in [-0.25, -0.2) is 0 Å². The van der Waals surface area contributed by atoms with E-state index in [0.29, 0.717) is 5.56 Å². The maximum atomic E-state index is 11.7. The van der Waals surface area contributed by atoms with Crippen molar-refractivity contribution >= 4 is 5.91 Å². The number of rotatable bonds is 2. The molecular weight excluding hydrogens is 188 g/mol. The minimum absolute atomic E-state index is 0.177. The van der Waals surface area contributed by atoms with Gasteiger partial charge in [0.05, 0.1) is 5.54 Å². The highest BCUT2D eigenvalue weighted by atomic mass is 16.1. The molecule has 1 aromatic heterocycles. The third-order valence-electron chi connectivity index (χ3n) is 1.95. The molecule has 0 bridgehead atoms. The van der Waals surface area contributed by atoms with Gasteiger partial charge in [-0.3, -0.25) is 9.78 Å². The molecule has 78 valence electrons. The van der Waals surface area contributed by atoms with E-state index in [2.05, 4.69) is 16.2 Å². The number of carbonyl (C=O) groups is 1. The SMILES string of the molecule is C#CC(C)(C)NC(=O)c1ccnc(C)c1. The van der Waals surface area contributed by atoms with Crippen molar-refractivity contribution in [1.29, 1.82) is 0 Å². The summed E-state index contributed by atoms with van der Waals surface area (Å²) in [5.41, 5.74) is 0.751. The average molecular weight is 202 g/mol. The van der Waals surface area contributed by atoms with Crippen LogP contribution < -0.4 is 5.32 Å². The van der Waals surface area contributed by atoms with Gasteiger partial charge >= 0.3 is 0 Å². The molecule has 1 rings (SSSR count). The predicted molar refractivity (Wildman–Crippen MR) is 59.4 cm³/mol. The van der Waals surface area contributed by atoms with Gasteiger partial charge in [0.2, 0.25) is 0 Å². The van der Waals surface area contributed by atoms with Crippen LogP contribution in [-0.4, -0.2) is 16.4 Å². The molecule has 0 radical (unpaired) electrons. The van der Waals surface area contributed by atoms with Gasteiger partial charge in [-0.1, -0.05) is 5.92 Å². The van der Waals surface area contributed by atoms with E-state index < -0.39 is 5.54 Å². The lowest BCUT2D eigenvalue weighted by Crippen LogP contribution is -2.42. The maximum absolute atomic E-state index is 11.7. The Labute approximate surface area is 89.9 Å². The predicted octanol–water partition coefficient (Wildman–Crippen LogP) is 1.53. The Morgan fingerprint density at radius 1 is 1.60 bits per heavy atom. The smallest absolute Gasteiger partial charge is 0.252 e. The van der Waals surface area contributed by atoms with Crippen molar-refractivity contribution in [3.8, 4) is 12.3 Å². The van der Waals surface area contributed by atoms with E-state index in [1.807, 2.05) is 6.92 Å². The summed E-state index contributed by atoms with van der Waals surface area (Å²) in [6, 6.07) is 3.39. The fourth-order valence-electron chi connectivity index (χ4n) is 1.08. The molecule has 0 fully saturated rings. The number of terminal acetylenes is 1. The van der Waals surface area contributed by atoms with E-state index in [4.69, 9.17) is 6.42 Å². The van der Waals surface area contributed by atoms with Gasteiger partial charge in [-0.05, 0) is 32.9 Å². The largest absolute Gasteiger partial charge is 0.336 e. The summed E-state index contributed by atoms with van der Waals surface area (Å²) < 4.78 is 0. The number of pyridine rings is 1. The van der Waals surface area contributed by atoms with Gasteiger partial charge in [0.25, 0.3) is 5.91 Å². The van der Waals surface area contributed by atoms with Gasteiger partial charge in [-0.2, -0.15) is 0 Å². The number of amides is 1. The third-order valence-corrected chi connectivity index (χ3v) is 1.95. The normalized spacial score (nSPS) is 10.5. The molecule has 3 heteroatoms. The van der Waals surface area contributed by atoms with E-state index >= 15 is 0 Å². The summed E-state index contributed by atoms with van der Waals surface area (Å²) >= 11 is 0. The third kappa shape index (κ3) is 3.10. The van der Waals surface area contributed by atoms with E-state index in [0.717, 1.165) is 5.69 Å². The molecule has 0 aromatic carbocycles. The minimum atomic E-state index is -0.631. The van der Waals surface area contributed by atoms with Crippen molar-refractivity contribution in [1.82, 2.24) is 10.3 Å². The molecule has 1 heterocycles. The summed E-state index contributed by atoms with van der Waals surface area (Å²) in [6.07, 6.45) is 6.89. The average Bonchev–Trinajstić information content (AvgIpc) is 2.17. The molecule has 1 amide bonds. The van der Waals surface area contributed by atoms with Crippen molar-refractivity contribution in [2.45, 2.75) is 26.3 Å². The van der Waals surface area contributed by atoms with Crippen LogP contribution in [0.2, 0.25) is 0 Å². The van der Waals surface area contributed by atoms with Gasteiger partial charge in [0.15, 0.2) is 0 Å². The molecular formula is C12H14N2O. The van der Waals surface area contributed by atoms with Crippen LogP contribution in [0.25, 0.3) is 0 Å². The van der Waals surface area contributed by atoms with Crippen molar-refractivity contribution in [2.24, 2.45) is 0 Å². The van der Waals surface area contributed by atoms with E-state index in [1.54, 1.807) is 32.2 Å². The maximum Gasteiger partial charge on any atom is 0.252 e. The van der Waals surface area contributed by atoms with Crippen LogP contribution in [0.5, 0.6) is 0 Å². The summed E-state index contributed by atoms with van der Waals surface area (Å²) in [5, 5.41) is 2.75. The van der Waals surface area contributed by atoms with Crippen molar-refractivity contribution < 1.29 is 4.79 Å². The van der Waals surface area contributed by atoms with Gasteiger partial charge in [0, 0.05) is 17.5 Å². The van der Waals surface area contributed by atoms with E-state index in [-0.39, 0.29) is 5.91 Å². The molecule has 0 saturated heterocycles. The molecule has 0 aliphatic heterocycles. The summed E-state index contributed by atoms with van der Waals surface area (Å²) in [5.74, 6) is 2.33. The lowest BCUT2D eigenvalue weighted by molar-refractivity contribution is 0.0929. The molecule has 0 aliphatic carbocycles. The molecule has 15 heavy (non-hydrogen) atoms. The van der Waals surface area contributed by atoms with Crippen LogP contribution in [-0.2, 0) is 0 Å². The fourth-order valence-corrected chi connectivity index (χ4v) is 1.08. The first-order chi connectivity index (χ1) is 6.94. The van der Waals surface area contributed by atoms with Gasteiger partial charge in [-0.15, -0.1) is 6.42 Å². The zero-order valence-electron chi connectivity index (χ0n) is 9.16. The van der Waals surface area contributed by atoms with Crippen LogP contribution in [0, 0.1) is 19.3 Å².